The number of nitrogens with one attached hydrogen (secondary N) is 2. The van der Waals surface area contributed by atoms with E-state index < -0.39 is 29.6 Å². The normalized spacial score (nSPS) is 11.9. The van der Waals surface area contributed by atoms with Crippen LogP contribution in [0, 0.1) is 6.92 Å². The van der Waals surface area contributed by atoms with Crippen LogP contribution in [-0.4, -0.2) is 36.2 Å². The van der Waals surface area contributed by atoms with E-state index in [1.807, 2.05) is 30.3 Å². The summed E-state index contributed by atoms with van der Waals surface area (Å²) in [6.07, 6.45) is -0.534. The maximum atomic E-state index is 12.6. The maximum absolute atomic E-state index is 12.6. The number of rotatable bonds is 7. The summed E-state index contributed by atoms with van der Waals surface area (Å²) in [5.41, 5.74) is 0.846. The summed E-state index contributed by atoms with van der Waals surface area (Å²) in [6.45, 7) is 6.64. The Morgan fingerprint density at radius 3 is 2.35 bits per heavy atom. The molecule has 8 heteroatoms. The van der Waals surface area contributed by atoms with E-state index in [-0.39, 0.29) is 13.0 Å². The lowest BCUT2D eigenvalue weighted by molar-refractivity contribution is -0.158. The average molecular weight is 447 g/mol. The van der Waals surface area contributed by atoms with Crippen LogP contribution < -0.4 is 15.4 Å². The number of halogens is 1. The highest BCUT2D eigenvalue weighted by molar-refractivity contribution is 6.30. The zero-order chi connectivity index (χ0) is 23.0. The Morgan fingerprint density at radius 1 is 1.06 bits per heavy atom. The topological polar surface area (TPSA) is 93.7 Å². The number of hydrogen-bond donors (Lipinski definition) is 2. The fraction of sp³-hybridized carbons (Fsp3) is 0.348. The molecule has 0 aliphatic carbocycles. The quantitative estimate of drug-likeness (QED) is 0.631. The third-order valence-electron chi connectivity index (χ3n) is 4.04. The van der Waals surface area contributed by atoms with Crippen LogP contribution in [0.5, 0.6) is 5.75 Å². The summed E-state index contributed by atoms with van der Waals surface area (Å²) in [6, 6.07) is 13.2. The molecule has 0 aromatic heterocycles. The molecule has 0 heterocycles. The molecule has 2 aromatic rings. The SMILES string of the molecule is Cc1cc(Cl)ccc1OC(=O)NCC(=O)N[C@@H](Cc1ccccc1)C(=O)OC(C)(C)C. The van der Waals surface area contributed by atoms with Crippen molar-refractivity contribution in [3.8, 4) is 5.75 Å². The first-order valence-corrected chi connectivity index (χ1v) is 10.2. The summed E-state index contributed by atoms with van der Waals surface area (Å²) in [7, 11) is 0. The summed E-state index contributed by atoms with van der Waals surface area (Å²) < 4.78 is 10.6. The Kier molecular flexibility index (Phi) is 8.45. The van der Waals surface area contributed by atoms with Crippen molar-refractivity contribution in [2.75, 3.05) is 6.54 Å². The van der Waals surface area contributed by atoms with Gasteiger partial charge in [-0.25, -0.2) is 9.59 Å². The van der Waals surface area contributed by atoms with Crippen LogP contribution in [0.15, 0.2) is 48.5 Å². The highest BCUT2D eigenvalue weighted by atomic mass is 35.5. The second kappa shape index (κ2) is 10.8. The van der Waals surface area contributed by atoms with E-state index in [0.29, 0.717) is 16.3 Å². The average Bonchev–Trinajstić information content (AvgIpc) is 2.67. The van der Waals surface area contributed by atoms with E-state index in [1.54, 1.807) is 45.9 Å². The third kappa shape index (κ3) is 8.68. The largest absolute Gasteiger partial charge is 0.458 e. The maximum Gasteiger partial charge on any atom is 0.413 e. The minimum Gasteiger partial charge on any atom is -0.458 e. The Morgan fingerprint density at radius 2 is 1.74 bits per heavy atom. The first-order valence-electron chi connectivity index (χ1n) is 9.81. The number of amides is 2. The van der Waals surface area contributed by atoms with Crippen LogP contribution in [0.25, 0.3) is 0 Å². The molecule has 0 aliphatic heterocycles. The summed E-state index contributed by atoms with van der Waals surface area (Å²) in [5.74, 6) is -0.765. The molecular weight excluding hydrogens is 420 g/mol. The standard InChI is InChI=1S/C23H27ClN2O5/c1-15-12-17(24)10-11-19(15)30-22(29)25-14-20(27)26-18(21(28)31-23(2,3)4)13-16-8-6-5-7-9-16/h5-12,18H,13-14H2,1-4H3,(H,25,29)(H,26,27)/t18-/m0/s1. The highest BCUT2D eigenvalue weighted by Gasteiger charge is 2.27. The zero-order valence-corrected chi connectivity index (χ0v) is 18.8. The van der Waals surface area contributed by atoms with Crippen molar-refractivity contribution in [1.29, 1.82) is 0 Å². The molecule has 0 radical (unpaired) electrons. The molecule has 1 atom stereocenters. The lowest BCUT2D eigenvalue weighted by Crippen LogP contribution is -2.48. The number of hydrogen-bond acceptors (Lipinski definition) is 5. The molecule has 0 bridgehead atoms. The predicted octanol–water partition coefficient (Wildman–Crippen LogP) is 3.81. The number of carbonyl (C=O) groups excluding carboxylic acids is 3. The van der Waals surface area contributed by atoms with Crippen molar-refractivity contribution < 1.29 is 23.9 Å². The molecule has 31 heavy (non-hydrogen) atoms. The number of esters is 1. The van der Waals surface area contributed by atoms with Crippen LogP contribution in [0.1, 0.15) is 31.9 Å². The van der Waals surface area contributed by atoms with Gasteiger partial charge >= 0.3 is 12.1 Å². The van der Waals surface area contributed by atoms with Gasteiger partial charge in [0.05, 0.1) is 0 Å². The van der Waals surface area contributed by atoms with Gasteiger partial charge in [-0.1, -0.05) is 41.9 Å². The monoisotopic (exact) mass is 446 g/mol. The molecule has 2 aromatic carbocycles. The molecule has 0 fully saturated rings. The molecule has 0 saturated carbocycles. The van der Waals surface area contributed by atoms with Gasteiger partial charge in [-0.3, -0.25) is 4.79 Å². The van der Waals surface area contributed by atoms with Gasteiger partial charge in [-0.15, -0.1) is 0 Å². The number of aryl methyl sites for hydroxylation is 1. The third-order valence-corrected chi connectivity index (χ3v) is 4.28. The second-order valence-electron chi connectivity index (χ2n) is 8.00. The Hall–Kier alpha value is -3.06. The molecule has 7 nitrogen and oxygen atoms in total. The predicted molar refractivity (Wildman–Crippen MR) is 118 cm³/mol. The molecular formula is C23H27ClN2O5. The van der Waals surface area contributed by atoms with E-state index >= 15 is 0 Å². The Labute approximate surface area is 187 Å². The van der Waals surface area contributed by atoms with E-state index in [2.05, 4.69) is 10.6 Å². The molecule has 2 N–H and O–H groups in total. The molecule has 166 valence electrons. The smallest absolute Gasteiger partial charge is 0.413 e. The van der Waals surface area contributed by atoms with Gasteiger partial charge in [0.15, 0.2) is 0 Å². The summed E-state index contributed by atoms with van der Waals surface area (Å²) in [5, 5.41) is 5.52. The van der Waals surface area contributed by atoms with Crippen molar-refractivity contribution in [2.45, 2.75) is 45.8 Å². The Bertz CT molecular complexity index is 925. The van der Waals surface area contributed by atoms with Crippen LogP contribution in [0.4, 0.5) is 4.79 Å². The lowest BCUT2D eigenvalue weighted by atomic mass is 10.1. The Balaban J connectivity index is 1.95. The zero-order valence-electron chi connectivity index (χ0n) is 18.0. The van der Waals surface area contributed by atoms with Crippen LogP contribution in [0.2, 0.25) is 5.02 Å². The molecule has 0 aliphatic rings. The lowest BCUT2D eigenvalue weighted by Gasteiger charge is -2.24. The van der Waals surface area contributed by atoms with Crippen molar-refractivity contribution >= 4 is 29.6 Å². The van der Waals surface area contributed by atoms with Crippen molar-refractivity contribution in [1.82, 2.24) is 10.6 Å². The highest BCUT2D eigenvalue weighted by Crippen LogP contribution is 2.21. The van der Waals surface area contributed by atoms with Crippen molar-refractivity contribution in [3.05, 3.63) is 64.7 Å². The fourth-order valence-corrected chi connectivity index (χ4v) is 2.90. The van der Waals surface area contributed by atoms with E-state index in [0.717, 1.165) is 5.56 Å². The van der Waals surface area contributed by atoms with Crippen LogP contribution in [-0.2, 0) is 20.7 Å². The van der Waals surface area contributed by atoms with Gasteiger partial charge in [-0.05, 0) is 57.0 Å². The first-order chi connectivity index (χ1) is 14.5. The van der Waals surface area contributed by atoms with Crippen LogP contribution in [0.3, 0.4) is 0 Å². The van der Waals surface area contributed by atoms with Gasteiger partial charge in [0, 0.05) is 11.4 Å². The van der Waals surface area contributed by atoms with Gasteiger partial charge in [-0.2, -0.15) is 0 Å². The molecule has 0 unspecified atom stereocenters. The van der Waals surface area contributed by atoms with E-state index in [1.165, 1.54) is 0 Å². The fourth-order valence-electron chi connectivity index (χ4n) is 2.68. The van der Waals surface area contributed by atoms with Gasteiger partial charge in [0.1, 0.15) is 23.9 Å². The minimum absolute atomic E-state index is 0.260. The number of ether oxygens (including phenoxy) is 2. The van der Waals surface area contributed by atoms with E-state index in [4.69, 9.17) is 21.1 Å². The molecule has 0 saturated heterocycles. The second-order valence-corrected chi connectivity index (χ2v) is 8.43. The first kappa shape index (κ1) is 24.2. The molecule has 0 spiro atoms. The van der Waals surface area contributed by atoms with Crippen molar-refractivity contribution in [2.24, 2.45) is 0 Å². The molecule has 2 rings (SSSR count). The molecule has 2 amide bonds. The number of carbonyl (C=O) groups is 3. The summed E-state index contributed by atoms with van der Waals surface area (Å²) >= 11 is 5.88. The van der Waals surface area contributed by atoms with Gasteiger partial charge in [0.2, 0.25) is 5.91 Å². The minimum atomic E-state index is -0.898. The van der Waals surface area contributed by atoms with Gasteiger partial charge < -0.3 is 20.1 Å². The van der Waals surface area contributed by atoms with E-state index in [9.17, 15) is 14.4 Å². The van der Waals surface area contributed by atoms with Crippen LogP contribution >= 0.6 is 11.6 Å². The summed E-state index contributed by atoms with van der Waals surface area (Å²) in [4.78, 5) is 37.0. The van der Waals surface area contributed by atoms with Crippen molar-refractivity contribution in [3.63, 3.8) is 0 Å². The van der Waals surface area contributed by atoms with Gasteiger partial charge in [0.25, 0.3) is 0 Å². The number of benzene rings is 2.